The quantitative estimate of drug-likeness (QED) is 0.405. The second-order valence-electron chi connectivity index (χ2n) is 8.11. The van der Waals surface area contributed by atoms with Gasteiger partial charge in [-0.1, -0.05) is 0 Å². The molecule has 1 aromatic heterocycles. The van der Waals surface area contributed by atoms with Crippen LogP contribution in [0.25, 0.3) is 26.5 Å². The van der Waals surface area contributed by atoms with Crippen LogP contribution in [0.2, 0.25) is 0 Å². The normalized spacial score (nSPS) is 15.5. The van der Waals surface area contributed by atoms with Gasteiger partial charge in [-0.05, 0) is 0 Å². The van der Waals surface area contributed by atoms with Crippen molar-refractivity contribution in [2.75, 3.05) is 0 Å². The van der Waals surface area contributed by atoms with Gasteiger partial charge < -0.3 is 24.8 Å². The van der Waals surface area contributed by atoms with E-state index in [1.165, 1.54) is 48.8 Å². The SMILES string of the molecule is [Cl-].[Cl-].[Cr+2][C]1=C2C=CC=CC2c2ccc(Cc3ccccc3)c(-c3cccc4cccnc34)c21. The van der Waals surface area contributed by atoms with E-state index < -0.39 is 0 Å². The molecule has 0 spiro atoms. The number of hydrogen-bond donors (Lipinski definition) is 0. The summed E-state index contributed by atoms with van der Waals surface area (Å²) in [4.78, 5) is 4.79. The molecule has 4 aromatic rings. The van der Waals surface area contributed by atoms with E-state index in [9.17, 15) is 0 Å². The monoisotopic (exact) mass is 504 g/mol. The van der Waals surface area contributed by atoms with E-state index >= 15 is 0 Å². The first kappa shape index (κ1) is 23.6. The first-order chi connectivity index (χ1) is 15.3. The number of fused-ring (bicyclic) bond motifs is 4. The van der Waals surface area contributed by atoms with Crippen LogP contribution in [0.4, 0.5) is 0 Å². The number of benzene rings is 3. The van der Waals surface area contributed by atoms with Crippen LogP contribution in [0.15, 0.2) is 109 Å². The Hall–Kier alpha value is -2.60. The van der Waals surface area contributed by atoms with Gasteiger partial charge >= 0.3 is 191 Å². The Morgan fingerprint density at radius 3 is 2.45 bits per heavy atom. The minimum atomic E-state index is 0. The first-order valence-electron chi connectivity index (χ1n) is 10.6. The number of allylic oxidation sites excluding steroid dienone is 5. The number of pyridine rings is 1. The van der Waals surface area contributed by atoms with E-state index in [4.69, 9.17) is 4.98 Å². The average Bonchev–Trinajstić information content (AvgIpc) is 3.12. The van der Waals surface area contributed by atoms with Gasteiger partial charge in [0.25, 0.3) is 0 Å². The number of rotatable bonds is 3. The van der Waals surface area contributed by atoms with Crippen molar-refractivity contribution in [1.29, 1.82) is 0 Å². The zero-order valence-corrected chi connectivity index (χ0v) is 20.5. The van der Waals surface area contributed by atoms with Crippen molar-refractivity contribution in [3.05, 3.63) is 131 Å². The molecule has 1 atom stereocenters. The molecule has 1 unspecified atom stereocenters. The third-order valence-corrected chi connectivity index (χ3v) is 7.00. The summed E-state index contributed by atoms with van der Waals surface area (Å²) >= 11 is 3.42. The fraction of sp³-hybridized carbons (Fsp3) is 0.0690. The number of nitrogens with zero attached hydrogens (tertiary/aromatic N) is 1. The van der Waals surface area contributed by atoms with Crippen molar-refractivity contribution in [1.82, 2.24) is 4.98 Å². The van der Waals surface area contributed by atoms with Gasteiger partial charge in [0.05, 0.1) is 0 Å². The van der Waals surface area contributed by atoms with E-state index in [0.717, 1.165) is 11.9 Å². The fourth-order valence-corrected chi connectivity index (χ4v) is 5.56. The zero-order chi connectivity index (χ0) is 20.8. The Kier molecular flexibility index (Phi) is 6.94. The molecule has 0 bridgehead atoms. The molecule has 1 nitrogen and oxygen atoms in total. The molecule has 161 valence electrons. The Balaban J connectivity index is 0.00000130. The number of hydrogen-bond acceptors (Lipinski definition) is 1. The van der Waals surface area contributed by atoms with Gasteiger partial charge in [0, 0.05) is 0 Å². The average molecular weight is 505 g/mol. The van der Waals surface area contributed by atoms with Crippen LogP contribution >= 0.6 is 0 Å². The molecular formula is C29H20Cl2CrN. The minimum absolute atomic E-state index is 0. The maximum absolute atomic E-state index is 4.79. The second-order valence-corrected chi connectivity index (χ2v) is 8.75. The third-order valence-electron chi connectivity index (χ3n) is 6.31. The van der Waals surface area contributed by atoms with E-state index in [1.807, 2.05) is 12.3 Å². The van der Waals surface area contributed by atoms with Crippen LogP contribution in [0.5, 0.6) is 0 Å². The third kappa shape index (κ3) is 3.99. The Morgan fingerprint density at radius 2 is 1.61 bits per heavy atom. The maximum atomic E-state index is 4.79. The van der Waals surface area contributed by atoms with Crippen LogP contribution in [-0.2, 0) is 22.7 Å². The molecule has 0 amide bonds. The molecule has 1 heterocycles. The van der Waals surface area contributed by atoms with Crippen LogP contribution < -0.4 is 24.8 Å². The standard InChI is InChI=1S/C29H20N.2ClH.Cr/c1-2-8-20(9-3-1)18-23-15-16-25-24-13-5-4-10-22(24)19-27(25)28(23)26-14-6-11-21-12-7-17-30-29(21)26;;;/h1-17,24H,18H2;2*1H;/q;;;+2/p-2. The predicted molar refractivity (Wildman–Crippen MR) is 124 cm³/mol. The van der Waals surface area contributed by atoms with Crippen molar-refractivity contribution in [3.8, 4) is 11.1 Å². The summed E-state index contributed by atoms with van der Waals surface area (Å²) < 4.78 is 1.26. The topological polar surface area (TPSA) is 12.9 Å². The van der Waals surface area contributed by atoms with Crippen LogP contribution in [0, 0.1) is 0 Å². The molecule has 2 aliphatic carbocycles. The molecular weight excluding hydrogens is 485 g/mol. The molecule has 0 saturated carbocycles. The molecule has 6 rings (SSSR count). The van der Waals surface area contributed by atoms with Gasteiger partial charge in [-0.3, -0.25) is 0 Å². The number of para-hydroxylation sites is 1. The van der Waals surface area contributed by atoms with E-state index in [2.05, 4.69) is 107 Å². The number of halogens is 2. The first-order valence-corrected chi connectivity index (χ1v) is 11.3. The summed E-state index contributed by atoms with van der Waals surface area (Å²) in [6.07, 6.45) is 11.6. The summed E-state index contributed by atoms with van der Waals surface area (Å²) in [6, 6.07) is 26.1. The molecule has 0 N–H and O–H groups in total. The van der Waals surface area contributed by atoms with E-state index in [0.29, 0.717) is 5.92 Å². The van der Waals surface area contributed by atoms with E-state index in [-0.39, 0.29) is 24.8 Å². The van der Waals surface area contributed by atoms with Crippen LogP contribution in [-0.4, -0.2) is 4.98 Å². The molecule has 2 aliphatic rings. The van der Waals surface area contributed by atoms with Gasteiger partial charge in [0.15, 0.2) is 0 Å². The molecule has 0 saturated heterocycles. The molecule has 4 heteroatoms. The molecule has 0 radical (unpaired) electrons. The van der Waals surface area contributed by atoms with Gasteiger partial charge in [0.1, 0.15) is 0 Å². The molecule has 33 heavy (non-hydrogen) atoms. The van der Waals surface area contributed by atoms with E-state index in [1.54, 1.807) is 0 Å². The Bertz CT molecular complexity index is 1420. The fourth-order valence-electron chi connectivity index (χ4n) is 4.92. The van der Waals surface area contributed by atoms with Crippen molar-refractivity contribution >= 4 is 15.3 Å². The van der Waals surface area contributed by atoms with Crippen molar-refractivity contribution in [3.63, 3.8) is 0 Å². The zero-order valence-electron chi connectivity index (χ0n) is 17.7. The van der Waals surface area contributed by atoms with Crippen LogP contribution in [0.1, 0.15) is 28.2 Å². The number of aromatic nitrogens is 1. The summed E-state index contributed by atoms with van der Waals surface area (Å²) in [7, 11) is 0. The Labute approximate surface area is 215 Å². The summed E-state index contributed by atoms with van der Waals surface area (Å²) in [5.74, 6) is 0.323. The van der Waals surface area contributed by atoms with Gasteiger partial charge in [-0.15, -0.1) is 0 Å². The second kappa shape index (κ2) is 9.72. The Morgan fingerprint density at radius 1 is 0.788 bits per heavy atom. The predicted octanol–water partition coefficient (Wildman–Crippen LogP) is 0.982. The van der Waals surface area contributed by atoms with Gasteiger partial charge in [-0.25, -0.2) is 0 Å². The summed E-state index contributed by atoms with van der Waals surface area (Å²) in [5.41, 5.74) is 10.3. The van der Waals surface area contributed by atoms with Crippen molar-refractivity contribution in [2.45, 2.75) is 12.3 Å². The van der Waals surface area contributed by atoms with Gasteiger partial charge in [-0.2, -0.15) is 0 Å². The summed E-state index contributed by atoms with van der Waals surface area (Å²) in [6.45, 7) is 0. The molecule has 0 fully saturated rings. The van der Waals surface area contributed by atoms with Crippen LogP contribution in [0.3, 0.4) is 0 Å². The summed E-state index contributed by atoms with van der Waals surface area (Å²) in [5, 5.41) is 1.17. The molecule has 3 aromatic carbocycles. The van der Waals surface area contributed by atoms with Gasteiger partial charge in [0.2, 0.25) is 0 Å². The van der Waals surface area contributed by atoms with Crippen molar-refractivity contribution in [2.24, 2.45) is 0 Å². The van der Waals surface area contributed by atoms with Crippen molar-refractivity contribution < 1.29 is 41.1 Å². The molecule has 0 aliphatic heterocycles.